The Hall–Kier alpha value is -1.35. The molecule has 2 atom stereocenters. The lowest BCUT2D eigenvalue weighted by atomic mass is 9.85. The Bertz CT molecular complexity index is 374. The average Bonchev–Trinajstić information content (AvgIpc) is 2.36. The highest BCUT2D eigenvalue weighted by Crippen LogP contribution is 2.27. The molecule has 3 N–H and O–H groups in total. The molecule has 3 nitrogen and oxygen atoms in total. The summed E-state index contributed by atoms with van der Waals surface area (Å²) < 4.78 is 0. The second-order valence-electron chi connectivity index (χ2n) is 5.58. The number of carbonyl (C=O) groups excluding carboxylic acids is 1. The number of nitrogens with one attached hydrogen (secondary N) is 1. The molecule has 1 rings (SSSR count). The van der Waals surface area contributed by atoms with Crippen LogP contribution in [0.1, 0.15) is 45.1 Å². The van der Waals surface area contributed by atoms with Gasteiger partial charge >= 0.3 is 0 Å². The van der Waals surface area contributed by atoms with Gasteiger partial charge in [-0.2, -0.15) is 0 Å². The number of hydrogen-bond acceptors (Lipinski definition) is 2. The third-order valence-corrected chi connectivity index (χ3v) is 3.36. The Morgan fingerprint density at radius 3 is 2.37 bits per heavy atom. The quantitative estimate of drug-likeness (QED) is 0.793. The molecule has 0 aliphatic rings. The summed E-state index contributed by atoms with van der Waals surface area (Å²) in [6, 6.07) is 10.4. The summed E-state index contributed by atoms with van der Waals surface area (Å²) >= 11 is 0. The fourth-order valence-corrected chi connectivity index (χ4v) is 2.15. The van der Waals surface area contributed by atoms with E-state index in [9.17, 15) is 4.79 Å². The van der Waals surface area contributed by atoms with E-state index in [4.69, 9.17) is 5.73 Å². The average molecular weight is 262 g/mol. The van der Waals surface area contributed by atoms with Gasteiger partial charge < -0.3 is 11.1 Å². The second-order valence-corrected chi connectivity index (χ2v) is 5.58. The fraction of sp³-hybridized carbons (Fsp3) is 0.562. The van der Waals surface area contributed by atoms with Crippen molar-refractivity contribution in [2.45, 2.75) is 45.6 Å². The number of hydrogen-bond donors (Lipinski definition) is 2. The highest BCUT2D eigenvalue weighted by atomic mass is 16.1. The first-order chi connectivity index (χ1) is 9.00. The maximum atomic E-state index is 12.0. The fourth-order valence-electron chi connectivity index (χ4n) is 2.15. The Morgan fingerprint density at radius 2 is 1.84 bits per heavy atom. The normalized spacial score (nSPS) is 14.2. The van der Waals surface area contributed by atoms with Gasteiger partial charge in [0.05, 0.1) is 0 Å². The van der Waals surface area contributed by atoms with Gasteiger partial charge in [-0.05, 0) is 30.7 Å². The first-order valence-electron chi connectivity index (χ1n) is 7.08. The van der Waals surface area contributed by atoms with Crippen molar-refractivity contribution in [1.82, 2.24) is 5.32 Å². The third kappa shape index (κ3) is 5.88. The molecule has 0 aliphatic carbocycles. The lowest BCUT2D eigenvalue weighted by molar-refractivity contribution is -0.121. The van der Waals surface area contributed by atoms with Gasteiger partial charge in [-0.1, -0.05) is 44.2 Å². The Kier molecular flexibility index (Phi) is 6.57. The minimum absolute atomic E-state index is 0.114. The zero-order valence-corrected chi connectivity index (χ0v) is 12.2. The molecule has 1 amide bonds. The van der Waals surface area contributed by atoms with E-state index in [1.807, 2.05) is 25.1 Å². The van der Waals surface area contributed by atoms with Crippen molar-refractivity contribution in [1.29, 1.82) is 0 Å². The summed E-state index contributed by atoms with van der Waals surface area (Å²) in [5, 5.41) is 2.95. The van der Waals surface area contributed by atoms with Crippen molar-refractivity contribution < 1.29 is 4.79 Å². The molecule has 0 aliphatic heterocycles. The van der Waals surface area contributed by atoms with Gasteiger partial charge in [0.2, 0.25) is 5.91 Å². The molecule has 19 heavy (non-hydrogen) atoms. The molecule has 0 fully saturated rings. The highest BCUT2D eigenvalue weighted by molar-refractivity contribution is 5.76. The lowest BCUT2D eigenvalue weighted by Crippen LogP contribution is -2.30. The Labute approximate surface area is 116 Å². The highest BCUT2D eigenvalue weighted by Gasteiger charge is 2.19. The molecule has 0 spiro atoms. The largest absolute Gasteiger partial charge is 0.356 e. The molecule has 0 saturated carbocycles. The molecule has 2 unspecified atom stereocenters. The number of rotatable bonds is 7. The molecule has 0 heterocycles. The van der Waals surface area contributed by atoms with Gasteiger partial charge in [-0.15, -0.1) is 0 Å². The minimum atomic E-state index is 0.114. The van der Waals surface area contributed by atoms with Crippen LogP contribution in [0.3, 0.4) is 0 Å². The zero-order valence-electron chi connectivity index (χ0n) is 12.2. The molecule has 0 bridgehead atoms. The van der Waals surface area contributed by atoms with Crippen molar-refractivity contribution in [2.75, 3.05) is 6.54 Å². The van der Waals surface area contributed by atoms with Crippen molar-refractivity contribution in [2.24, 2.45) is 11.7 Å². The number of nitrogens with two attached hydrogens (primary N) is 1. The first kappa shape index (κ1) is 15.7. The molecule has 0 aromatic heterocycles. The number of amides is 1. The van der Waals surface area contributed by atoms with E-state index in [1.54, 1.807) is 0 Å². The van der Waals surface area contributed by atoms with Crippen LogP contribution in [-0.4, -0.2) is 18.5 Å². The lowest BCUT2D eigenvalue weighted by Gasteiger charge is -2.21. The monoisotopic (exact) mass is 262 g/mol. The van der Waals surface area contributed by atoms with E-state index in [0.717, 1.165) is 6.42 Å². The van der Waals surface area contributed by atoms with Crippen LogP contribution in [0.5, 0.6) is 0 Å². The van der Waals surface area contributed by atoms with Crippen LogP contribution < -0.4 is 11.1 Å². The molecular weight excluding hydrogens is 236 g/mol. The van der Waals surface area contributed by atoms with Crippen LogP contribution in [0.4, 0.5) is 0 Å². The van der Waals surface area contributed by atoms with Gasteiger partial charge in [0, 0.05) is 19.0 Å². The molecule has 1 aromatic rings. The molecule has 0 saturated heterocycles. The minimum Gasteiger partial charge on any atom is -0.356 e. The summed E-state index contributed by atoms with van der Waals surface area (Å²) in [5.41, 5.74) is 6.90. The van der Waals surface area contributed by atoms with Gasteiger partial charge in [0.15, 0.2) is 0 Å². The van der Waals surface area contributed by atoms with Crippen LogP contribution >= 0.6 is 0 Å². The second kappa shape index (κ2) is 7.95. The van der Waals surface area contributed by atoms with E-state index >= 15 is 0 Å². The van der Waals surface area contributed by atoms with Gasteiger partial charge in [-0.3, -0.25) is 4.79 Å². The maximum Gasteiger partial charge on any atom is 0.220 e. The topological polar surface area (TPSA) is 55.1 Å². The van der Waals surface area contributed by atoms with Crippen molar-refractivity contribution in [3.8, 4) is 0 Å². The predicted molar refractivity (Wildman–Crippen MR) is 79.9 cm³/mol. The van der Waals surface area contributed by atoms with Crippen LogP contribution in [0, 0.1) is 5.92 Å². The summed E-state index contributed by atoms with van der Waals surface area (Å²) in [6.07, 6.45) is 1.37. The van der Waals surface area contributed by atoms with E-state index < -0.39 is 0 Å². The van der Waals surface area contributed by atoms with Gasteiger partial charge in [0.25, 0.3) is 0 Å². The Balaban J connectivity index is 2.53. The Morgan fingerprint density at radius 1 is 1.21 bits per heavy atom. The summed E-state index contributed by atoms with van der Waals surface area (Å²) in [5.74, 6) is 0.835. The van der Waals surface area contributed by atoms with Gasteiger partial charge in [-0.25, -0.2) is 0 Å². The standard InChI is InChI=1S/C16H26N2O/c1-12(2)15(14-7-5-4-6-8-14)11-16(19)18-10-9-13(3)17/h4-8,12-13,15H,9-11,17H2,1-3H3,(H,18,19). The van der Waals surface area contributed by atoms with E-state index in [2.05, 4.69) is 31.3 Å². The smallest absolute Gasteiger partial charge is 0.220 e. The molecule has 106 valence electrons. The predicted octanol–water partition coefficient (Wildman–Crippen LogP) is 2.67. The van der Waals surface area contributed by atoms with Crippen molar-refractivity contribution in [3.05, 3.63) is 35.9 Å². The maximum absolute atomic E-state index is 12.0. The van der Waals surface area contributed by atoms with Crippen LogP contribution in [0.15, 0.2) is 30.3 Å². The first-order valence-corrected chi connectivity index (χ1v) is 7.08. The van der Waals surface area contributed by atoms with Crippen molar-refractivity contribution in [3.63, 3.8) is 0 Å². The number of carbonyl (C=O) groups is 1. The summed E-state index contributed by atoms with van der Waals surface area (Å²) in [6.45, 7) is 6.93. The SMILES string of the molecule is CC(N)CCNC(=O)CC(c1ccccc1)C(C)C. The summed E-state index contributed by atoms with van der Waals surface area (Å²) in [4.78, 5) is 12.0. The van der Waals surface area contributed by atoms with Crippen LogP contribution in [0.25, 0.3) is 0 Å². The van der Waals surface area contributed by atoms with Gasteiger partial charge in [0.1, 0.15) is 0 Å². The van der Waals surface area contributed by atoms with Crippen molar-refractivity contribution >= 4 is 5.91 Å². The van der Waals surface area contributed by atoms with E-state index in [0.29, 0.717) is 18.9 Å². The molecule has 1 aromatic carbocycles. The van der Waals surface area contributed by atoms with Crippen LogP contribution in [-0.2, 0) is 4.79 Å². The third-order valence-electron chi connectivity index (χ3n) is 3.36. The van der Waals surface area contributed by atoms with E-state index in [1.165, 1.54) is 5.56 Å². The van der Waals surface area contributed by atoms with E-state index in [-0.39, 0.29) is 17.9 Å². The van der Waals surface area contributed by atoms with Crippen LogP contribution in [0.2, 0.25) is 0 Å². The molecule has 0 radical (unpaired) electrons. The number of benzene rings is 1. The molecule has 3 heteroatoms. The zero-order chi connectivity index (χ0) is 14.3. The molecular formula is C16H26N2O. The summed E-state index contributed by atoms with van der Waals surface area (Å²) in [7, 11) is 0.